The average molecular weight is 452 g/mol. The normalized spacial score (nSPS) is 10.5. The van der Waals surface area contributed by atoms with Crippen molar-refractivity contribution in [3.63, 3.8) is 0 Å². The standard InChI is InChI=1S/C21H14ClN5OS2/c22-15-9-8-14(12-23)17(11-15)24-19(28)13-30-21-26-25-20(18-7-4-10-29-18)27(21)16-5-2-1-3-6-16/h1-11H,13H2,(H,24,28). The molecule has 1 N–H and O–H groups in total. The van der Waals surface area contributed by atoms with Crippen molar-refractivity contribution in [3.8, 4) is 22.5 Å². The number of carbonyl (C=O) groups is 1. The number of halogens is 1. The van der Waals surface area contributed by atoms with Gasteiger partial charge in [-0.25, -0.2) is 0 Å². The summed E-state index contributed by atoms with van der Waals surface area (Å²) in [6, 6.07) is 20.5. The maximum atomic E-state index is 12.5. The van der Waals surface area contributed by atoms with Crippen LogP contribution < -0.4 is 5.32 Å². The van der Waals surface area contributed by atoms with Gasteiger partial charge in [-0.2, -0.15) is 5.26 Å². The molecule has 0 atom stereocenters. The molecule has 0 aliphatic heterocycles. The number of anilines is 1. The summed E-state index contributed by atoms with van der Waals surface area (Å²) in [5.41, 5.74) is 1.65. The zero-order valence-corrected chi connectivity index (χ0v) is 17.8. The Bertz CT molecular complexity index is 1220. The van der Waals surface area contributed by atoms with Crippen LogP contribution in [-0.2, 0) is 4.79 Å². The first-order chi connectivity index (χ1) is 14.7. The molecular weight excluding hydrogens is 438 g/mol. The van der Waals surface area contributed by atoms with E-state index >= 15 is 0 Å². The Morgan fingerprint density at radius 3 is 2.73 bits per heavy atom. The van der Waals surface area contributed by atoms with Crippen LogP contribution in [0.4, 0.5) is 5.69 Å². The molecule has 4 aromatic rings. The molecule has 1 amide bonds. The highest BCUT2D eigenvalue weighted by molar-refractivity contribution is 7.99. The van der Waals surface area contributed by atoms with Crippen molar-refractivity contribution in [1.29, 1.82) is 5.26 Å². The molecule has 0 aliphatic rings. The highest BCUT2D eigenvalue weighted by atomic mass is 35.5. The van der Waals surface area contributed by atoms with Crippen LogP contribution in [0.5, 0.6) is 0 Å². The van der Waals surface area contributed by atoms with Gasteiger partial charge in [0, 0.05) is 10.7 Å². The number of nitrogens with zero attached hydrogens (tertiary/aromatic N) is 4. The van der Waals surface area contributed by atoms with Gasteiger partial charge in [0.05, 0.1) is 21.9 Å². The molecule has 0 bridgehead atoms. The fourth-order valence-corrected chi connectivity index (χ4v) is 4.39. The molecule has 4 rings (SSSR count). The highest BCUT2D eigenvalue weighted by Gasteiger charge is 2.18. The Morgan fingerprint density at radius 2 is 2.00 bits per heavy atom. The Labute approximate surface area is 186 Å². The lowest BCUT2D eigenvalue weighted by molar-refractivity contribution is -0.113. The Hall–Kier alpha value is -3.12. The molecule has 0 fully saturated rings. The SMILES string of the molecule is N#Cc1ccc(Cl)cc1NC(=O)CSc1nnc(-c2cccs2)n1-c1ccccc1. The van der Waals surface area contributed by atoms with Crippen LogP contribution in [-0.4, -0.2) is 26.4 Å². The predicted octanol–water partition coefficient (Wildman–Crippen LogP) is 5.25. The van der Waals surface area contributed by atoms with Gasteiger partial charge in [-0.1, -0.05) is 47.6 Å². The third kappa shape index (κ3) is 4.39. The molecule has 0 saturated carbocycles. The third-order valence-electron chi connectivity index (χ3n) is 4.10. The van der Waals surface area contributed by atoms with Crippen LogP contribution in [0.15, 0.2) is 71.2 Å². The van der Waals surface area contributed by atoms with E-state index in [9.17, 15) is 10.1 Å². The molecule has 0 saturated heterocycles. The minimum absolute atomic E-state index is 0.104. The van der Waals surface area contributed by atoms with E-state index in [1.54, 1.807) is 29.5 Å². The minimum atomic E-state index is -0.265. The number of hydrogen-bond donors (Lipinski definition) is 1. The second-order valence-electron chi connectivity index (χ2n) is 6.09. The van der Waals surface area contributed by atoms with Crippen molar-refractivity contribution in [3.05, 3.63) is 76.6 Å². The van der Waals surface area contributed by atoms with Gasteiger partial charge in [0.1, 0.15) is 6.07 Å². The summed E-state index contributed by atoms with van der Waals surface area (Å²) in [7, 11) is 0. The molecule has 0 unspecified atom stereocenters. The highest BCUT2D eigenvalue weighted by Crippen LogP contribution is 2.30. The van der Waals surface area contributed by atoms with Crippen molar-refractivity contribution >= 4 is 46.3 Å². The van der Waals surface area contributed by atoms with E-state index in [4.69, 9.17) is 11.6 Å². The summed E-state index contributed by atoms with van der Waals surface area (Å²) in [5, 5.41) is 23.6. The number of thiophene rings is 1. The number of nitrogens with one attached hydrogen (secondary N) is 1. The second-order valence-corrected chi connectivity index (χ2v) is 8.42. The number of para-hydroxylation sites is 1. The van der Waals surface area contributed by atoms with Gasteiger partial charge in [0.25, 0.3) is 0 Å². The first-order valence-electron chi connectivity index (χ1n) is 8.82. The van der Waals surface area contributed by atoms with E-state index < -0.39 is 0 Å². The van der Waals surface area contributed by atoms with Crippen LogP contribution in [0.25, 0.3) is 16.4 Å². The van der Waals surface area contributed by atoms with Crippen LogP contribution in [0.2, 0.25) is 5.02 Å². The third-order valence-corrected chi connectivity index (χ3v) is 6.13. The number of aromatic nitrogens is 3. The van der Waals surface area contributed by atoms with Gasteiger partial charge in [0.15, 0.2) is 11.0 Å². The first-order valence-corrected chi connectivity index (χ1v) is 11.1. The zero-order chi connectivity index (χ0) is 20.9. The zero-order valence-electron chi connectivity index (χ0n) is 15.4. The van der Waals surface area contributed by atoms with Gasteiger partial charge in [-0.3, -0.25) is 9.36 Å². The molecule has 30 heavy (non-hydrogen) atoms. The Kier molecular flexibility index (Phi) is 6.14. The second kappa shape index (κ2) is 9.13. The number of amides is 1. The topological polar surface area (TPSA) is 83.6 Å². The number of rotatable bonds is 6. The van der Waals surface area contributed by atoms with Gasteiger partial charge < -0.3 is 5.32 Å². The van der Waals surface area contributed by atoms with Gasteiger partial charge in [0.2, 0.25) is 5.91 Å². The molecule has 2 aromatic heterocycles. The smallest absolute Gasteiger partial charge is 0.234 e. The molecule has 2 aromatic carbocycles. The number of thioether (sulfide) groups is 1. The first kappa shape index (κ1) is 20.2. The molecular formula is C21H14ClN5OS2. The van der Waals surface area contributed by atoms with Crippen molar-refractivity contribution in [2.24, 2.45) is 0 Å². The van der Waals surface area contributed by atoms with Crippen LogP contribution in [0.1, 0.15) is 5.56 Å². The number of benzene rings is 2. The molecule has 0 spiro atoms. The van der Waals surface area contributed by atoms with Crippen LogP contribution in [0, 0.1) is 11.3 Å². The van der Waals surface area contributed by atoms with Gasteiger partial charge in [-0.05, 0) is 41.8 Å². The summed E-state index contributed by atoms with van der Waals surface area (Å²) in [5.74, 6) is 0.562. The van der Waals surface area contributed by atoms with Crippen LogP contribution in [0.3, 0.4) is 0 Å². The summed E-state index contributed by atoms with van der Waals surface area (Å²) < 4.78 is 1.93. The molecule has 6 nitrogen and oxygen atoms in total. The summed E-state index contributed by atoms with van der Waals surface area (Å²) in [4.78, 5) is 13.5. The predicted molar refractivity (Wildman–Crippen MR) is 120 cm³/mol. The fraction of sp³-hybridized carbons (Fsp3) is 0.0476. The quantitative estimate of drug-likeness (QED) is 0.404. The van der Waals surface area contributed by atoms with Crippen LogP contribution >= 0.6 is 34.7 Å². The molecule has 148 valence electrons. The lowest BCUT2D eigenvalue weighted by Gasteiger charge is -2.10. The number of carbonyl (C=O) groups excluding carboxylic acids is 1. The van der Waals surface area contributed by atoms with Gasteiger partial charge >= 0.3 is 0 Å². The number of nitriles is 1. The van der Waals surface area contributed by atoms with E-state index in [2.05, 4.69) is 15.5 Å². The monoisotopic (exact) mass is 451 g/mol. The molecule has 9 heteroatoms. The maximum Gasteiger partial charge on any atom is 0.234 e. The summed E-state index contributed by atoms with van der Waals surface area (Å²) in [6.45, 7) is 0. The average Bonchev–Trinajstić information content (AvgIpc) is 3.43. The summed E-state index contributed by atoms with van der Waals surface area (Å²) >= 11 is 8.83. The van der Waals surface area contributed by atoms with E-state index in [1.807, 2.05) is 58.5 Å². The van der Waals surface area contributed by atoms with Crippen molar-refractivity contribution in [2.75, 3.05) is 11.1 Å². The largest absolute Gasteiger partial charge is 0.324 e. The van der Waals surface area contributed by atoms with E-state index in [0.29, 0.717) is 21.4 Å². The lowest BCUT2D eigenvalue weighted by atomic mass is 10.2. The van der Waals surface area contributed by atoms with Crippen molar-refractivity contribution in [1.82, 2.24) is 14.8 Å². The van der Waals surface area contributed by atoms with Crippen molar-refractivity contribution in [2.45, 2.75) is 5.16 Å². The molecule has 0 aliphatic carbocycles. The maximum absolute atomic E-state index is 12.5. The van der Waals surface area contributed by atoms with E-state index in [1.165, 1.54) is 11.8 Å². The van der Waals surface area contributed by atoms with E-state index in [-0.39, 0.29) is 11.7 Å². The van der Waals surface area contributed by atoms with Gasteiger partial charge in [-0.15, -0.1) is 21.5 Å². The number of hydrogen-bond acceptors (Lipinski definition) is 6. The van der Waals surface area contributed by atoms with E-state index in [0.717, 1.165) is 16.4 Å². The summed E-state index contributed by atoms with van der Waals surface area (Å²) in [6.07, 6.45) is 0. The minimum Gasteiger partial charge on any atom is -0.324 e. The molecule has 0 radical (unpaired) electrons. The fourth-order valence-electron chi connectivity index (χ4n) is 2.77. The Balaban J connectivity index is 1.56. The Morgan fingerprint density at radius 1 is 1.17 bits per heavy atom. The lowest BCUT2D eigenvalue weighted by Crippen LogP contribution is -2.15. The van der Waals surface area contributed by atoms with Crippen molar-refractivity contribution < 1.29 is 4.79 Å². The molecule has 2 heterocycles.